The molecule has 0 amide bonds. The highest BCUT2D eigenvalue weighted by Crippen LogP contribution is 2.45. The Morgan fingerprint density at radius 1 is 0.404 bits per heavy atom. The third kappa shape index (κ3) is 3.64. The largest absolute Gasteiger partial charge is 0.308 e. The molecule has 0 bridgehead atoms. The van der Waals surface area contributed by atoms with Gasteiger partial charge in [-0.15, -0.1) is 0 Å². The van der Waals surface area contributed by atoms with E-state index in [1.54, 1.807) is 0 Å². The van der Waals surface area contributed by atoms with E-state index in [0.717, 1.165) is 44.6 Å². The summed E-state index contributed by atoms with van der Waals surface area (Å²) in [5, 5.41) is 11.1. The second-order valence-corrected chi connectivity index (χ2v) is 13.6. The van der Waals surface area contributed by atoms with E-state index in [9.17, 15) is 0 Å². The monoisotopic (exact) mass is 661 g/mol. The highest BCUT2D eigenvalue weighted by Gasteiger charge is 2.23. The number of hydrogen-bond acceptors (Lipinski definition) is 3. The van der Waals surface area contributed by atoms with Crippen molar-refractivity contribution in [1.82, 2.24) is 23.9 Å². The third-order valence-corrected chi connectivity index (χ3v) is 10.9. The van der Waals surface area contributed by atoms with E-state index in [-0.39, 0.29) is 0 Å². The maximum Gasteiger partial charge on any atom is 0.161 e. The first-order chi connectivity index (χ1) is 25.8. The molecule has 0 atom stereocenters. The van der Waals surface area contributed by atoms with E-state index in [4.69, 9.17) is 15.0 Å². The molecule has 5 heteroatoms. The van der Waals surface area contributed by atoms with Gasteiger partial charge < -0.3 is 4.40 Å². The summed E-state index contributed by atoms with van der Waals surface area (Å²) >= 11 is 0. The van der Waals surface area contributed by atoms with E-state index in [1.165, 1.54) is 59.6 Å². The molecular weight excluding hydrogens is 635 g/mol. The van der Waals surface area contributed by atoms with Crippen molar-refractivity contribution in [2.24, 2.45) is 0 Å². The lowest BCUT2D eigenvalue weighted by Gasteiger charge is -2.11. The molecule has 0 aliphatic heterocycles. The zero-order chi connectivity index (χ0) is 33.9. The van der Waals surface area contributed by atoms with Gasteiger partial charge in [-0.05, 0) is 58.6 Å². The number of fused-ring (bicyclic) bond motifs is 8. The SMILES string of the molecule is c1ccc(-c2nc(-c3ccc(-n4c5cccc6c7cccc8c9c%10ccccc%10ccc9n(c9cccc4c9c65)c78)nc3)nc3ccccc23)cc1. The van der Waals surface area contributed by atoms with Gasteiger partial charge in [-0.25, -0.2) is 15.0 Å². The Labute approximate surface area is 297 Å². The van der Waals surface area contributed by atoms with Crippen LogP contribution in [0, 0.1) is 0 Å². The predicted octanol–water partition coefficient (Wildman–Crippen LogP) is 11.8. The minimum absolute atomic E-state index is 0.658. The van der Waals surface area contributed by atoms with Gasteiger partial charge in [-0.2, -0.15) is 0 Å². The van der Waals surface area contributed by atoms with E-state index in [0.29, 0.717) is 5.82 Å². The normalized spacial score (nSPS) is 12.2. The molecule has 7 aromatic carbocycles. The molecule has 5 aromatic heterocycles. The van der Waals surface area contributed by atoms with Crippen molar-refractivity contribution in [1.29, 1.82) is 0 Å². The molecule has 0 spiro atoms. The van der Waals surface area contributed by atoms with Gasteiger partial charge >= 0.3 is 0 Å². The van der Waals surface area contributed by atoms with E-state index < -0.39 is 0 Å². The minimum Gasteiger partial charge on any atom is -0.308 e. The Kier molecular flexibility index (Phi) is 5.44. The number of nitrogens with zero attached hydrogens (tertiary/aromatic N) is 5. The lowest BCUT2D eigenvalue weighted by Crippen LogP contribution is -1.99. The van der Waals surface area contributed by atoms with Gasteiger partial charge in [-0.3, -0.25) is 4.57 Å². The van der Waals surface area contributed by atoms with Crippen LogP contribution in [0.3, 0.4) is 0 Å². The van der Waals surface area contributed by atoms with Gasteiger partial charge in [0.05, 0.1) is 38.8 Å². The first kappa shape index (κ1) is 27.7. The Balaban J connectivity index is 1.12. The predicted molar refractivity (Wildman–Crippen MR) is 215 cm³/mol. The lowest BCUT2D eigenvalue weighted by atomic mass is 10.0. The Morgan fingerprint density at radius 3 is 1.98 bits per heavy atom. The van der Waals surface area contributed by atoms with Crippen molar-refractivity contribution in [3.63, 3.8) is 0 Å². The van der Waals surface area contributed by atoms with Crippen LogP contribution in [-0.2, 0) is 0 Å². The minimum atomic E-state index is 0.658. The first-order valence-electron chi connectivity index (χ1n) is 17.6. The summed E-state index contributed by atoms with van der Waals surface area (Å²) in [6, 6.07) is 56.2. The van der Waals surface area contributed by atoms with Gasteiger partial charge in [0, 0.05) is 49.6 Å². The number of aromatic nitrogens is 5. The highest BCUT2D eigenvalue weighted by molar-refractivity contribution is 6.33. The zero-order valence-electron chi connectivity index (χ0n) is 27.8. The molecule has 5 nitrogen and oxygen atoms in total. The number of pyridine rings is 1. The topological polar surface area (TPSA) is 48.0 Å². The average molecular weight is 662 g/mol. The summed E-state index contributed by atoms with van der Waals surface area (Å²) in [6.45, 7) is 0. The maximum atomic E-state index is 5.12. The van der Waals surface area contributed by atoms with Crippen molar-refractivity contribution in [3.8, 4) is 28.5 Å². The molecule has 0 aliphatic rings. The van der Waals surface area contributed by atoms with E-state index >= 15 is 0 Å². The molecule has 0 aliphatic carbocycles. The Morgan fingerprint density at radius 2 is 1.10 bits per heavy atom. The molecule has 0 fully saturated rings. The van der Waals surface area contributed by atoms with Gasteiger partial charge in [0.2, 0.25) is 0 Å². The second kappa shape index (κ2) is 10.2. The summed E-state index contributed by atoms with van der Waals surface area (Å²) < 4.78 is 4.81. The Hall–Kier alpha value is -7.11. The summed E-state index contributed by atoms with van der Waals surface area (Å²) in [4.78, 5) is 15.2. The number of hydrogen-bond donors (Lipinski definition) is 0. The van der Waals surface area contributed by atoms with Gasteiger partial charge in [-0.1, -0.05) is 115 Å². The van der Waals surface area contributed by atoms with Gasteiger partial charge in [0.15, 0.2) is 5.82 Å². The van der Waals surface area contributed by atoms with Crippen LogP contribution in [0.5, 0.6) is 0 Å². The van der Waals surface area contributed by atoms with Crippen LogP contribution >= 0.6 is 0 Å². The maximum absolute atomic E-state index is 5.12. The summed E-state index contributed by atoms with van der Waals surface area (Å²) in [6.07, 6.45) is 1.91. The van der Waals surface area contributed by atoms with Crippen LogP contribution in [0.15, 0.2) is 164 Å². The van der Waals surface area contributed by atoms with Crippen LogP contribution in [0.25, 0.3) is 110 Å². The van der Waals surface area contributed by atoms with Crippen molar-refractivity contribution >= 4 is 81.6 Å². The molecule has 0 unspecified atom stereocenters. The lowest BCUT2D eigenvalue weighted by molar-refractivity contribution is 1.08. The number of para-hydroxylation sites is 2. The fourth-order valence-corrected chi connectivity index (χ4v) is 8.72. The fourth-order valence-electron chi connectivity index (χ4n) is 8.72. The fraction of sp³-hybridized carbons (Fsp3) is 0. The quantitative estimate of drug-likeness (QED) is 0.189. The van der Waals surface area contributed by atoms with Crippen molar-refractivity contribution in [2.45, 2.75) is 0 Å². The van der Waals surface area contributed by atoms with Crippen LogP contribution in [0.1, 0.15) is 0 Å². The molecule has 5 heterocycles. The van der Waals surface area contributed by atoms with Crippen LogP contribution in [0.4, 0.5) is 0 Å². The van der Waals surface area contributed by atoms with Crippen molar-refractivity contribution in [3.05, 3.63) is 164 Å². The van der Waals surface area contributed by atoms with Crippen LogP contribution in [-0.4, -0.2) is 23.9 Å². The van der Waals surface area contributed by atoms with Crippen LogP contribution in [0.2, 0.25) is 0 Å². The molecule has 0 saturated heterocycles. The Bertz CT molecular complexity index is 3390. The molecule has 12 rings (SSSR count). The molecule has 0 saturated carbocycles. The third-order valence-electron chi connectivity index (χ3n) is 10.9. The van der Waals surface area contributed by atoms with Gasteiger partial charge in [0.1, 0.15) is 5.82 Å². The van der Waals surface area contributed by atoms with Crippen molar-refractivity contribution in [2.75, 3.05) is 0 Å². The molecular formula is C47H27N5. The zero-order valence-corrected chi connectivity index (χ0v) is 27.8. The van der Waals surface area contributed by atoms with E-state index in [1.807, 2.05) is 42.6 Å². The van der Waals surface area contributed by atoms with Crippen LogP contribution < -0.4 is 0 Å². The van der Waals surface area contributed by atoms with E-state index in [2.05, 4.69) is 130 Å². The first-order valence-corrected chi connectivity index (χ1v) is 17.6. The van der Waals surface area contributed by atoms with Crippen molar-refractivity contribution < 1.29 is 0 Å². The molecule has 0 radical (unpaired) electrons. The molecule has 12 aromatic rings. The second-order valence-electron chi connectivity index (χ2n) is 13.6. The smallest absolute Gasteiger partial charge is 0.161 e. The molecule has 240 valence electrons. The average Bonchev–Trinajstić information content (AvgIpc) is 3.70. The molecule has 52 heavy (non-hydrogen) atoms. The molecule has 0 N–H and O–H groups in total. The summed E-state index contributed by atoms with van der Waals surface area (Å²) in [5.74, 6) is 1.51. The highest BCUT2D eigenvalue weighted by atomic mass is 15.1. The summed E-state index contributed by atoms with van der Waals surface area (Å²) in [5.41, 5.74) is 9.67. The summed E-state index contributed by atoms with van der Waals surface area (Å²) in [7, 11) is 0. The van der Waals surface area contributed by atoms with Gasteiger partial charge in [0.25, 0.3) is 0 Å². The standard InChI is InChI=1S/C47H27N5/c1-2-12-29(13-3-1)45-34-15-6-7-19-36(34)49-47(50-45)30-24-26-41(48-27-30)51-37-20-9-16-32-33-17-8-18-35-42-31-14-5-4-11-28(31)23-25-40(42)52(46(33)35)39-22-10-21-38(51)44(39)43(32)37/h1-27H. The number of rotatable bonds is 3. The number of benzene rings is 7.